The fraction of sp³-hybridized carbons (Fsp3) is 0.250. The Hall–Kier alpha value is -2.00. The second kappa shape index (κ2) is 7.14. The van der Waals surface area contributed by atoms with Crippen molar-refractivity contribution in [3.8, 4) is 0 Å². The standard InChI is InChI=1S/C12H12N4O3S2/c1-2-20-12-15-14-11(21-12)13-10(17)7-8-3-5-9(6-4-8)16(18)19/h3-6H,2,7H2,1H3,(H,13,14,17). The van der Waals surface area contributed by atoms with Crippen LogP contribution >= 0.6 is 23.1 Å². The summed E-state index contributed by atoms with van der Waals surface area (Å²) in [6.07, 6.45) is 0.133. The maximum absolute atomic E-state index is 11.9. The Labute approximate surface area is 128 Å². The van der Waals surface area contributed by atoms with Crippen LogP contribution in [-0.2, 0) is 11.2 Å². The lowest BCUT2D eigenvalue weighted by Crippen LogP contribution is -2.14. The smallest absolute Gasteiger partial charge is 0.269 e. The van der Waals surface area contributed by atoms with Crippen molar-refractivity contribution in [2.24, 2.45) is 0 Å². The number of hydrogen-bond acceptors (Lipinski definition) is 7. The van der Waals surface area contributed by atoms with Crippen LogP contribution in [0.4, 0.5) is 10.8 Å². The van der Waals surface area contributed by atoms with Crippen molar-refractivity contribution in [3.05, 3.63) is 39.9 Å². The minimum absolute atomic E-state index is 0.00418. The second-order valence-corrected chi connectivity index (χ2v) is 6.44. The topological polar surface area (TPSA) is 98.0 Å². The number of benzene rings is 1. The molecule has 2 aromatic rings. The molecule has 21 heavy (non-hydrogen) atoms. The summed E-state index contributed by atoms with van der Waals surface area (Å²) >= 11 is 2.88. The van der Waals surface area contributed by atoms with Crippen LogP contribution < -0.4 is 5.32 Å². The van der Waals surface area contributed by atoms with Crippen molar-refractivity contribution in [1.82, 2.24) is 10.2 Å². The quantitative estimate of drug-likeness (QED) is 0.380. The van der Waals surface area contributed by atoms with Crippen LogP contribution in [0.1, 0.15) is 12.5 Å². The van der Waals surface area contributed by atoms with Gasteiger partial charge in [0.15, 0.2) is 4.34 Å². The van der Waals surface area contributed by atoms with Crippen LogP contribution in [0, 0.1) is 10.1 Å². The molecule has 2 rings (SSSR count). The van der Waals surface area contributed by atoms with E-state index in [0.29, 0.717) is 10.7 Å². The monoisotopic (exact) mass is 324 g/mol. The van der Waals surface area contributed by atoms with E-state index in [9.17, 15) is 14.9 Å². The lowest BCUT2D eigenvalue weighted by molar-refractivity contribution is -0.384. The first-order valence-corrected chi connectivity index (χ1v) is 7.88. The molecule has 1 aromatic heterocycles. The Balaban J connectivity index is 1.92. The Kier molecular flexibility index (Phi) is 5.23. The number of carbonyl (C=O) groups is 1. The van der Waals surface area contributed by atoms with E-state index < -0.39 is 4.92 Å². The SMILES string of the molecule is CCSc1nnc(NC(=O)Cc2ccc([N+](=O)[O-])cc2)s1. The number of thioether (sulfide) groups is 1. The molecule has 1 N–H and O–H groups in total. The van der Waals surface area contributed by atoms with Gasteiger partial charge < -0.3 is 5.32 Å². The lowest BCUT2D eigenvalue weighted by Gasteiger charge is -2.01. The summed E-state index contributed by atoms with van der Waals surface area (Å²) < 4.78 is 0.808. The van der Waals surface area contributed by atoms with E-state index in [2.05, 4.69) is 15.5 Å². The highest BCUT2D eigenvalue weighted by atomic mass is 32.2. The third-order valence-corrected chi connectivity index (χ3v) is 4.29. The molecule has 0 fully saturated rings. The largest absolute Gasteiger partial charge is 0.300 e. The third-order valence-electron chi connectivity index (χ3n) is 2.43. The van der Waals surface area contributed by atoms with E-state index in [1.54, 1.807) is 23.9 Å². The van der Waals surface area contributed by atoms with Crippen molar-refractivity contribution in [2.45, 2.75) is 17.7 Å². The van der Waals surface area contributed by atoms with Gasteiger partial charge in [-0.15, -0.1) is 10.2 Å². The zero-order valence-corrected chi connectivity index (χ0v) is 12.7. The number of anilines is 1. The number of rotatable bonds is 6. The van der Waals surface area contributed by atoms with Crippen molar-refractivity contribution in [1.29, 1.82) is 0 Å². The number of nitro groups is 1. The molecule has 0 aliphatic heterocycles. The first-order valence-electron chi connectivity index (χ1n) is 6.08. The Morgan fingerprint density at radius 1 is 1.38 bits per heavy atom. The fourth-order valence-corrected chi connectivity index (χ4v) is 3.19. The zero-order valence-electron chi connectivity index (χ0n) is 11.1. The molecule has 0 saturated carbocycles. The molecule has 0 unspecified atom stereocenters. The summed E-state index contributed by atoms with van der Waals surface area (Å²) in [4.78, 5) is 21.9. The molecule has 0 aliphatic carbocycles. The van der Waals surface area contributed by atoms with Crippen LogP contribution in [0.15, 0.2) is 28.6 Å². The number of amides is 1. The van der Waals surface area contributed by atoms with Gasteiger partial charge in [0.05, 0.1) is 11.3 Å². The van der Waals surface area contributed by atoms with E-state index in [1.807, 2.05) is 6.92 Å². The number of nitrogens with zero attached hydrogens (tertiary/aromatic N) is 3. The minimum Gasteiger partial charge on any atom is -0.300 e. The molecule has 0 aliphatic rings. The highest BCUT2D eigenvalue weighted by molar-refractivity contribution is 8.01. The summed E-state index contributed by atoms with van der Waals surface area (Å²) in [6.45, 7) is 2.01. The Morgan fingerprint density at radius 2 is 2.10 bits per heavy atom. The molecule has 0 radical (unpaired) electrons. The minimum atomic E-state index is -0.474. The Morgan fingerprint density at radius 3 is 2.71 bits per heavy atom. The fourth-order valence-electron chi connectivity index (χ4n) is 1.53. The highest BCUT2D eigenvalue weighted by Crippen LogP contribution is 2.25. The molecular weight excluding hydrogens is 312 g/mol. The van der Waals surface area contributed by atoms with E-state index in [4.69, 9.17) is 0 Å². The summed E-state index contributed by atoms with van der Waals surface area (Å²) in [5.41, 5.74) is 0.704. The van der Waals surface area contributed by atoms with Crippen molar-refractivity contribution in [2.75, 3.05) is 11.1 Å². The van der Waals surface area contributed by atoms with E-state index in [1.165, 1.54) is 23.5 Å². The predicted molar refractivity (Wildman–Crippen MR) is 81.7 cm³/mol. The van der Waals surface area contributed by atoms with Gasteiger partial charge in [0.25, 0.3) is 5.69 Å². The van der Waals surface area contributed by atoms with Gasteiger partial charge in [-0.05, 0) is 11.3 Å². The molecule has 0 spiro atoms. The maximum Gasteiger partial charge on any atom is 0.269 e. The van der Waals surface area contributed by atoms with Crippen molar-refractivity contribution < 1.29 is 9.72 Å². The molecule has 1 heterocycles. The first-order chi connectivity index (χ1) is 10.1. The van der Waals surface area contributed by atoms with Gasteiger partial charge >= 0.3 is 0 Å². The third kappa shape index (κ3) is 4.50. The molecule has 9 heteroatoms. The summed E-state index contributed by atoms with van der Waals surface area (Å²) in [5.74, 6) is 0.666. The summed E-state index contributed by atoms with van der Waals surface area (Å²) in [5, 5.41) is 21.5. The van der Waals surface area contributed by atoms with Gasteiger partial charge in [-0.1, -0.05) is 42.2 Å². The molecule has 0 saturated heterocycles. The van der Waals surface area contributed by atoms with Gasteiger partial charge in [-0.2, -0.15) is 0 Å². The summed E-state index contributed by atoms with van der Waals surface area (Å²) in [6, 6.07) is 5.89. The van der Waals surface area contributed by atoms with Crippen LogP contribution in [0.25, 0.3) is 0 Å². The lowest BCUT2D eigenvalue weighted by atomic mass is 10.1. The molecule has 110 valence electrons. The van der Waals surface area contributed by atoms with Gasteiger partial charge in [0, 0.05) is 12.1 Å². The van der Waals surface area contributed by atoms with Crippen molar-refractivity contribution >= 4 is 39.8 Å². The van der Waals surface area contributed by atoms with E-state index in [-0.39, 0.29) is 18.0 Å². The molecule has 0 bridgehead atoms. The van der Waals surface area contributed by atoms with E-state index in [0.717, 1.165) is 10.1 Å². The van der Waals surface area contributed by atoms with Crippen LogP contribution in [0.3, 0.4) is 0 Å². The number of hydrogen-bond donors (Lipinski definition) is 1. The molecule has 7 nitrogen and oxygen atoms in total. The summed E-state index contributed by atoms with van der Waals surface area (Å²) in [7, 11) is 0. The highest BCUT2D eigenvalue weighted by Gasteiger charge is 2.10. The van der Waals surface area contributed by atoms with Gasteiger partial charge in [0.1, 0.15) is 0 Å². The van der Waals surface area contributed by atoms with Crippen LogP contribution in [-0.4, -0.2) is 26.8 Å². The van der Waals surface area contributed by atoms with Crippen molar-refractivity contribution in [3.63, 3.8) is 0 Å². The second-order valence-electron chi connectivity index (χ2n) is 3.95. The maximum atomic E-state index is 11.9. The average Bonchev–Trinajstić information content (AvgIpc) is 2.87. The molecule has 1 amide bonds. The number of nitrogens with one attached hydrogen (secondary N) is 1. The predicted octanol–water partition coefficient (Wildman–Crippen LogP) is 2.74. The van der Waals surface area contributed by atoms with E-state index >= 15 is 0 Å². The molecule has 1 aromatic carbocycles. The van der Waals surface area contributed by atoms with Crippen LogP contribution in [0.2, 0.25) is 0 Å². The normalized spacial score (nSPS) is 10.3. The van der Waals surface area contributed by atoms with Gasteiger partial charge in [-0.25, -0.2) is 0 Å². The van der Waals surface area contributed by atoms with Gasteiger partial charge in [-0.3, -0.25) is 14.9 Å². The number of aromatic nitrogens is 2. The molecular formula is C12H12N4O3S2. The number of nitro benzene ring substituents is 1. The Bertz CT molecular complexity index is 642. The zero-order chi connectivity index (χ0) is 15.2. The average molecular weight is 324 g/mol. The van der Waals surface area contributed by atoms with Crippen LogP contribution in [0.5, 0.6) is 0 Å². The number of non-ortho nitro benzene ring substituents is 1. The van der Waals surface area contributed by atoms with Gasteiger partial charge in [0.2, 0.25) is 11.0 Å². The molecule has 0 atom stereocenters. The first kappa shape index (κ1) is 15.4. The number of carbonyl (C=O) groups excluding carboxylic acids is 1.